The van der Waals surface area contributed by atoms with Crippen LogP contribution in [0.4, 0.5) is 0 Å². The third-order valence-corrected chi connectivity index (χ3v) is 1.42. The molecule has 1 aliphatic rings. The lowest BCUT2D eigenvalue weighted by molar-refractivity contribution is -0.140. The van der Waals surface area contributed by atoms with Crippen molar-refractivity contribution in [3.8, 4) is 0 Å². The first-order valence-electron chi connectivity index (χ1n) is 3.58. The van der Waals surface area contributed by atoms with Crippen LogP contribution in [0, 0.1) is 5.92 Å². The first-order valence-corrected chi connectivity index (χ1v) is 3.58. The van der Waals surface area contributed by atoms with Gasteiger partial charge in [0.15, 0.2) is 0 Å². The molecule has 1 unspecified atom stereocenters. The van der Waals surface area contributed by atoms with Gasteiger partial charge in [0.2, 0.25) is 0 Å². The molecule has 0 aromatic carbocycles. The summed E-state index contributed by atoms with van der Waals surface area (Å²) >= 11 is 0. The van der Waals surface area contributed by atoms with Crippen LogP contribution in [0.1, 0.15) is 13.3 Å². The first-order chi connectivity index (χ1) is 5.29. The molecule has 0 amide bonds. The van der Waals surface area contributed by atoms with Crippen molar-refractivity contribution in [1.29, 1.82) is 0 Å². The zero-order valence-corrected chi connectivity index (χ0v) is 6.45. The maximum absolute atomic E-state index is 10.3. The van der Waals surface area contributed by atoms with Crippen LogP contribution < -0.4 is 0 Å². The van der Waals surface area contributed by atoms with Crippen LogP contribution >= 0.6 is 0 Å². The highest BCUT2D eigenvalue weighted by Crippen LogP contribution is 2.09. The predicted octanol–water partition coefficient (Wildman–Crippen LogP) is 0.572. The van der Waals surface area contributed by atoms with Gasteiger partial charge >= 0.3 is 5.97 Å². The lowest BCUT2D eigenvalue weighted by Crippen LogP contribution is -2.01. The van der Waals surface area contributed by atoms with E-state index in [2.05, 4.69) is 9.99 Å². The standard InChI is InChI=1S/C7H11NO3/c1-6(9)11-8-4-7-2-3-10-5-7/h4,7H,2-3,5H2,1H3. The number of oxime groups is 1. The Morgan fingerprint density at radius 3 is 3.18 bits per heavy atom. The molecule has 1 heterocycles. The smallest absolute Gasteiger partial charge is 0.331 e. The second-order valence-electron chi connectivity index (χ2n) is 2.46. The Bertz CT molecular complexity index is 161. The maximum atomic E-state index is 10.3. The molecule has 4 heteroatoms. The van der Waals surface area contributed by atoms with E-state index in [1.165, 1.54) is 6.92 Å². The van der Waals surface area contributed by atoms with Gasteiger partial charge in [0.25, 0.3) is 0 Å². The minimum atomic E-state index is -0.389. The van der Waals surface area contributed by atoms with Crippen molar-refractivity contribution in [3.05, 3.63) is 0 Å². The molecule has 4 nitrogen and oxygen atoms in total. The van der Waals surface area contributed by atoms with Crippen molar-refractivity contribution in [3.63, 3.8) is 0 Å². The average molecular weight is 157 g/mol. The van der Waals surface area contributed by atoms with E-state index >= 15 is 0 Å². The molecule has 11 heavy (non-hydrogen) atoms. The molecule has 1 saturated heterocycles. The molecular weight excluding hydrogens is 146 g/mol. The molecule has 1 fully saturated rings. The summed E-state index contributed by atoms with van der Waals surface area (Å²) in [5.41, 5.74) is 0. The molecule has 0 aromatic heterocycles. The third-order valence-electron chi connectivity index (χ3n) is 1.42. The van der Waals surface area contributed by atoms with Crippen molar-refractivity contribution in [2.45, 2.75) is 13.3 Å². The van der Waals surface area contributed by atoms with E-state index in [0.29, 0.717) is 12.5 Å². The van der Waals surface area contributed by atoms with Crippen LogP contribution in [-0.4, -0.2) is 25.4 Å². The monoisotopic (exact) mass is 157 g/mol. The van der Waals surface area contributed by atoms with E-state index in [1.807, 2.05) is 0 Å². The zero-order chi connectivity index (χ0) is 8.10. The largest absolute Gasteiger partial charge is 0.381 e. The van der Waals surface area contributed by atoms with Gasteiger partial charge in [-0.05, 0) is 6.42 Å². The van der Waals surface area contributed by atoms with Crippen LogP contribution in [0.2, 0.25) is 0 Å². The highest BCUT2D eigenvalue weighted by molar-refractivity contribution is 5.67. The van der Waals surface area contributed by atoms with Gasteiger partial charge in [0.1, 0.15) is 0 Å². The van der Waals surface area contributed by atoms with Crippen molar-refractivity contribution in [1.82, 2.24) is 0 Å². The van der Waals surface area contributed by atoms with Gasteiger partial charge in [0.05, 0.1) is 6.61 Å². The quantitative estimate of drug-likeness (QED) is 0.334. The SMILES string of the molecule is CC(=O)ON=CC1CCOC1. The minimum Gasteiger partial charge on any atom is -0.381 e. The molecule has 0 radical (unpaired) electrons. The summed E-state index contributed by atoms with van der Waals surface area (Å²) in [5.74, 6) is -0.0745. The lowest BCUT2D eigenvalue weighted by Gasteiger charge is -1.95. The molecular formula is C7H11NO3. The maximum Gasteiger partial charge on any atom is 0.331 e. The Balaban J connectivity index is 2.17. The topological polar surface area (TPSA) is 47.9 Å². The van der Waals surface area contributed by atoms with Gasteiger partial charge in [-0.2, -0.15) is 0 Å². The fourth-order valence-corrected chi connectivity index (χ4v) is 0.861. The summed E-state index contributed by atoms with van der Waals surface area (Å²) in [5, 5.41) is 3.50. The summed E-state index contributed by atoms with van der Waals surface area (Å²) in [6.07, 6.45) is 2.58. The van der Waals surface area contributed by atoms with E-state index in [4.69, 9.17) is 4.74 Å². The molecule has 1 aliphatic heterocycles. The van der Waals surface area contributed by atoms with E-state index in [9.17, 15) is 4.79 Å². The molecule has 62 valence electrons. The Morgan fingerprint density at radius 2 is 2.64 bits per heavy atom. The Hall–Kier alpha value is -0.900. The van der Waals surface area contributed by atoms with Gasteiger partial charge in [-0.15, -0.1) is 0 Å². The second kappa shape index (κ2) is 4.08. The van der Waals surface area contributed by atoms with Gasteiger partial charge in [-0.3, -0.25) is 0 Å². The van der Waals surface area contributed by atoms with Gasteiger partial charge in [-0.1, -0.05) is 5.16 Å². The average Bonchev–Trinajstić information content (AvgIpc) is 2.39. The fraction of sp³-hybridized carbons (Fsp3) is 0.714. The lowest BCUT2D eigenvalue weighted by atomic mass is 10.1. The Labute approximate surface area is 65.2 Å². The highest BCUT2D eigenvalue weighted by atomic mass is 16.7. The number of carbonyl (C=O) groups is 1. The normalized spacial score (nSPS) is 24.3. The van der Waals surface area contributed by atoms with Crippen molar-refractivity contribution < 1.29 is 14.4 Å². The Kier molecular flexibility index (Phi) is 3.04. The van der Waals surface area contributed by atoms with E-state index in [0.717, 1.165) is 13.0 Å². The van der Waals surface area contributed by atoms with Crippen LogP contribution in [0.3, 0.4) is 0 Å². The molecule has 1 rings (SSSR count). The summed E-state index contributed by atoms with van der Waals surface area (Å²) in [6.45, 7) is 2.78. The molecule has 0 bridgehead atoms. The summed E-state index contributed by atoms with van der Waals surface area (Å²) in [4.78, 5) is 14.6. The van der Waals surface area contributed by atoms with Crippen molar-refractivity contribution in [2.75, 3.05) is 13.2 Å². The molecule has 0 saturated carbocycles. The number of nitrogens with zero attached hydrogens (tertiary/aromatic N) is 1. The fourth-order valence-electron chi connectivity index (χ4n) is 0.861. The predicted molar refractivity (Wildman–Crippen MR) is 39.2 cm³/mol. The second-order valence-corrected chi connectivity index (χ2v) is 2.46. The van der Waals surface area contributed by atoms with E-state index < -0.39 is 0 Å². The summed E-state index contributed by atoms with van der Waals surface area (Å²) in [6, 6.07) is 0. The molecule has 0 N–H and O–H groups in total. The molecule has 1 atom stereocenters. The summed E-state index contributed by atoms with van der Waals surface area (Å²) < 4.78 is 5.08. The number of hydrogen-bond acceptors (Lipinski definition) is 4. The number of ether oxygens (including phenoxy) is 1. The number of carbonyl (C=O) groups excluding carboxylic acids is 1. The molecule has 0 aromatic rings. The molecule has 0 spiro atoms. The van der Waals surface area contributed by atoms with Crippen molar-refractivity contribution >= 4 is 12.2 Å². The molecule has 0 aliphatic carbocycles. The van der Waals surface area contributed by atoms with Crippen LogP contribution in [-0.2, 0) is 14.4 Å². The van der Waals surface area contributed by atoms with Gasteiger partial charge < -0.3 is 9.57 Å². The first kappa shape index (κ1) is 8.20. The van der Waals surface area contributed by atoms with Crippen LogP contribution in [0.5, 0.6) is 0 Å². The van der Waals surface area contributed by atoms with Gasteiger partial charge in [-0.25, -0.2) is 4.79 Å². The van der Waals surface area contributed by atoms with E-state index in [1.54, 1.807) is 6.21 Å². The summed E-state index contributed by atoms with van der Waals surface area (Å²) in [7, 11) is 0. The van der Waals surface area contributed by atoms with E-state index in [-0.39, 0.29) is 5.97 Å². The minimum absolute atomic E-state index is 0.314. The highest BCUT2D eigenvalue weighted by Gasteiger charge is 2.12. The van der Waals surface area contributed by atoms with Crippen molar-refractivity contribution in [2.24, 2.45) is 11.1 Å². The number of hydrogen-bond donors (Lipinski definition) is 0. The number of rotatable bonds is 2. The Morgan fingerprint density at radius 1 is 1.82 bits per heavy atom. The zero-order valence-electron chi connectivity index (χ0n) is 6.45. The third kappa shape index (κ3) is 3.13. The van der Waals surface area contributed by atoms with Crippen LogP contribution in [0.25, 0.3) is 0 Å². The van der Waals surface area contributed by atoms with Crippen LogP contribution in [0.15, 0.2) is 5.16 Å². The van der Waals surface area contributed by atoms with Gasteiger partial charge in [0, 0.05) is 25.7 Å².